The summed E-state index contributed by atoms with van der Waals surface area (Å²) in [6.45, 7) is 5.82. The maximum absolute atomic E-state index is 8.74. The lowest BCUT2D eigenvalue weighted by Gasteiger charge is -2.26. The molecule has 3 heteroatoms. The minimum absolute atomic E-state index is 0.370. The van der Waals surface area contributed by atoms with Crippen LogP contribution < -0.4 is 0 Å². The zero-order chi connectivity index (χ0) is 19.3. The summed E-state index contributed by atoms with van der Waals surface area (Å²) < 4.78 is 5.40. The van der Waals surface area contributed by atoms with Crippen LogP contribution in [0.4, 0.5) is 0 Å². The normalized spacial score (nSPS) is 15.4. The van der Waals surface area contributed by atoms with E-state index in [1.807, 2.05) is 0 Å². The lowest BCUT2D eigenvalue weighted by Crippen LogP contribution is -2.36. The molecule has 1 fully saturated rings. The highest BCUT2D eigenvalue weighted by Crippen LogP contribution is 2.14. The van der Waals surface area contributed by atoms with Gasteiger partial charge in [-0.1, -0.05) is 103 Å². The molecule has 0 aromatic carbocycles. The SMILES string of the molecule is OCCCCCCCCCCCCCCCCCCCCN1CCOCC1. The van der Waals surface area contributed by atoms with Crippen LogP contribution in [0, 0.1) is 0 Å². The molecule has 0 atom stereocenters. The van der Waals surface area contributed by atoms with Gasteiger partial charge < -0.3 is 9.84 Å². The van der Waals surface area contributed by atoms with Crippen LogP contribution in [0.25, 0.3) is 0 Å². The van der Waals surface area contributed by atoms with E-state index in [0.29, 0.717) is 6.61 Å². The molecular weight excluding hydrogens is 334 g/mol. The molecule has 0 spiro atoms. The first-order chi connectivity index (χ1) is 13.4. The molecular formula is C24H49NO2. The van der Waals surface area contributed by atoms with Crippen LogP contribution in [0.2, 0.25) is 0 Å². The molecule has 0 saturated carbocycles. The molecule has 1 heterocycles. The minimum Gasteiger partial charge on any atom is -0.396 e. The first-order valence-corrected chi connectivity index (χ1v) is 12.3. The standard InChI is InChI=1S/C24H49NO2/c26-22-18-16-14-12-10-8-6-4-2-1-3-5-7-9-11-13-15-17-19-25-20-23-27-24-21-25/h26H,1-24H2. The molecule has 1 N–H and O–H groups in total. The van der Waals surface area contributed by atoms with Gasteiger partial charge >= 0.3 is 0 Å². The summed E-state index contributed by atoms with van der Waals surface area (Å²) in [6, 6.07) is 0. The van der Waals surface area contributed by atoms with Gasteiger partial charge in [-0.05, 0) is 19.4 Å². The highest BCUT2D eigenvalue weighted by atomic mass is 16.5. The molecule has 0 radical (unpaired) electrons. The zero-order valence-corrected chi connectivity index (χ0v) is 18.3. The minimum atomic E-state index is 0.370. The third kappa shape index (κ3) is 17.7. The molecule has 3 nitrogen and oxygen atoms in total. The van der Waals surface area contributed by atoms with E-state index in [4.69, 9.17) is 9.84 Å². The van der Waals surface area contributed by atoms with Crippen LogP contribution in [0.3, 0.4) is 0 Å². The van der Waals surface area contributed by atoms with E-state index >= 15 is 0 Å². The molecule has 0 aromatic heterocycles. The maximum Gasteiger partial charge on any atom is 0.0594 e. The van der Waals surface area contributed by atoms with E-state index in [-0.39, 0.29) is 0 Å². The van der Waals surface area contributed by atoms with Gasteiger partial charge in [-0.2, -0.15) is 0 Å². The van der Waals surface area contributed by atoms with Crippen molar-refractivity contribution in [2.45, 2.75) is 116 Å². The summed E-state index contributed by atoms with van der Waals surface area (Å²) in [5.41, 5.74) is 0. The van der Waals surface area contributed by atoms with Crippen molar-refractivity contribution in [3.63, 3.8) is 0 Å². The Balaban J connectivity index is 1.64. The molecule has 0 amide bonds. The largest absolute Gasteiger partial charge is 0.396 e. The quantitative estimate of drug-likeness (QED) is 0.249. The van der Waals surface area contributed by atoms with Crippen LogP contribution in [0.1, 0.15) is 116 Å². The van der Waals surface area contributed by atoms with Crippen LogP contribution in [-0.4, -0.2) is 49.5 Å². The second-order valence-electron chi connectivity index (χ2n) is 8.54. The van der Waals surface area contributed by atoms with Gasteiger partial charge in [-0.25, -0.2) is 0 Å². The Hall–Kier alpha value is -0.120. The smallest absolute Gasteiger partial charge is 0.0594 e. The van der Waals surface area contributed by atoms with E-state index < -0.39 is 0 Å². The fourth-order valence-electron chi connectivity index (χ4n) is 4.10. The predicted molar refractivity (Wildman–Crippen MR) is 117 cm³/mol. The number of aliphatic hydroxyl groups excluding tert-OH is 1. The summed E-state index contributed by atoms with van der Waals surface area (Å²) in [6.07, 6.45) is 25.0. The number of rotatable bonds is 20. The Bertz CT molecular complexity index is 280. The van der Waals surface area contributed by atoms with Crippen molar-refractivity contribution in [2.24, 2.45) is 0 Å². The third-order valence-electron chi connectivity index (χ3n) is 5.99. The monoisotopic (exact) mass is 383 g/mol. The lowest BCUT2D eigenvalue weighted by molar-refractivity contribution is 0.0371. The molecule has 0 aromatic rings. The van der Waals surface area contributed by atoms with E-state index in [1.54, 1.807) is 0 Å². The fourth-order valence-corrected chi connectivity index (χ4v) is 4.10. The van der Waals surface area contributed by atoms with Gasteiger partial charge in [-0.3, -0.25) is 4.90 Å². The second kappa shape index (κ2) is 20.6. The highest BCUT2D eigenvalue weighted by Gasteiger charge is 2.08. The van der Waals surface area contributed by atoms with Gasteiger partial charge in [0.25, 0.3) is 0 Å². The molecule has 27 heavy (non-hydrogen) atoms. The summed E-state index contributed by atoms with van der Waals surface area (Å²) in [5, 5.41) is 8.74. The van der Waals surface area contributed by atoms with Crippen LogP contribution >= 0.6 is 0 Å². The summed E-state index contributed by atoms with van der Waals surface area (Å²) in [7, 11) is 0. The highest BCUT2D eigenvalue weighted by molar-refractivity contribution is 4.61. The molecule has 0 bridgehead atoms. The lowest BCUT2D eigenvalue weighted by atomic mass is 10.0. The van der Waals surface area contributed by atoms with Crippen molar-refractivity contribution >= 4 is 0 Å². The maximum atomic E-state index is 8.74. The van der Waals surface area contributed by atoms with Crippen molar-refractivity contribution in [1.82, 2.24) is 4.90 Å². The first kappa shape index (κ1) is 24.9. The molecule has 1 aliphatic rings. The van der Waals surface area contributed by atoms with Crippen LogP contribution in [-0.2, 0) is 4.74 Å². The van der Waals surface area contributed by atoms with Crippen molar-refractivity contribution in [3.05, 3.63) is 0 Å². The summed E-state index contributed by atoms with van der Waals surface area (Å²) in [5.74, 6) is 0. The first-order valence-electron chi connectivity index (χ1n) is 12.3. The van der Waals surface area contributed by atoms with Gasteiger partial charge in [0.2, 0.25) is 0 Å². The Labute approximate surface area is 170 Å². The Morgan fingerprint density at radius 3 is 1.19 bits per heavy atom. The number of aliphatic hydroxyl groups is 1. The number of hydrogen-bond acceptors (Lipinski definition) is 3. The topological polar surface area (TPSA) is 32.7 Å². The third-order valence-corrected chi connectivity index (χ3v) is 5.99. The van der Waals surface area contributed by atoms with E-state index in [1.165, 1.54) is 116 Å². The molecule has 162 valence electrons. The average Bonchev–Trinajstić information content (AvgIpc) is 2.70. The van der Waals surface area contributed by atoms with Crippen molar-refractivity contribution in [2.75, 3.05) is 39.5 Å². The molecule has 1 saturated heterocycles. The second-order valence-corrected chi connectivity index (χ2v) is 8.54. The predicted octanol–water partition coefficient (Wildman–Crippen LogP) is 6.33. The molecule has 1 aliphatic heterocycles. The van der Waals surface area contributed by atoms with Crippen LogP contribution in [0.15, 0.2) is 0 Å². The average molecular weight is 384 g/mol. The fraction of sp³-hybridized carbons (Fsp3) is 1.00. The van der Waals surface area contributed by atoms with Gasteiger partial charge in [0.1, 0.15) is 0 Å². The number of unbranched alkanes of at least 4 members (excludes halogenated alkanes) is 17. The van der Waals surface area contributed by atoms with Crippen molar-refractivity contribution in [1.29, 1.82) is 0 Å². The summed E-state index contributed by atoms with van der Waals surface area (Å²) >= 11 is 0. The Morgan fingerprint density at radius 1 is 0.481 bits per heavy atom. The summed E-state index contributed by atoms with van der Waals surface area (Å²) in [4.78, 5) is 2.56. The van der Waals surface area contributed by atoms with Gasteiger partial charge in [0.15, 0.2) is 0 Å². The molecule has 0 unspecified atom stereocenters. The zero-order valence-electron chi connectivity index (χ0n) is 18.3. The van der Waals surface area contributed by atoms with Gasteiger partial charge in [0, 0.05) is 19.7 Å². The van der Waals surface area contributed by atoms with Gasteiger partial charge in [0.05, 0.1) is 13.2 Å². The number of morpholine rings is 1. The molecule has 1 rings (SSSR count). The van der Waals surface area contributed by atoms with Crippen molar-refractivity contribution in [3.8, 4) is 0 Å². The number of ether oxygens (including phenoxy) is 1. The number of hydrogen-bond donors (Lipinski definition) is 1. The van der Waals surface area contributed by atoms with E-state index in [9.17, 15) is 0 Å². The van der Waals surface area contributed by atoms with E-state index in [2.05, 4.69) is 4.90 Å². The Morgan fingerprint density at radius 2 is 0.815 bits per heavy atom. The van der Waals surface area contributed by atoms with Crippen molar-refractivity contribution < 1.29 is 9.84 Å². The number of nitrogens with zero attached hydrogens (tertiary/aromatic N) is 1. The molecule has 0 aliphatic carbocycles. The Kier molecular flexibility index (Phi) is 19.0. The van der Waals surface area contributed by atoms with Gasteiger partial charge in [-0.15, -0.1) is 0 Å². The van der Waals surface area contributed by atoms with Crippen LogP contribution in [0.5, 0.6) is 0 Å². The van der Waals surface area contributed by atoms with E-state index in [0.717, 1.165) is 32.7 Å².